The standard InChI is InChI=1S/C25H24F5N3O4/c1-14(37-23(36)31-13-24(26,27)25(28,29)30)21(34)32-20-18-8-3-2-6-16(18)17-7-4-5-9-19(17)33(22(20)35)12-15-10-11-15/h2-9,14-15,20H,10-13H2,1H3,(H,31,36)(H,32,34)/t14-,20-/m0/s1. The van der Waals surface area contributed by atoms with E-state index < -0.39 is 48.7 Å². The predicted octanol–water partition coefficient (Wildman–Crippen LogP) is 4.58. The van der Waals surface area contributed by atoms with E-state index in [1.165, 1.54) is 5.32 Å². The molecule has 3 amide bonds. The lowest BCUT2D eigenvalue weighted by atomic mass is 9.95. The van der Waals surface area contributed by atoms with Gasteiger partial charge in [0.2, 0.25) is 0 Å². The molecule has 0 unspecified atom stereocenters. The molecule has 37 heavy (non-hydrogen) atoms. The fourth-order valence-electron chi connectivity index (χ4n) is 4.02. The van der Waals surface area contributed by atoms with Gasteiger partial charge in [0.1, 0.15) is 6.04 Å². The number of fused-ring (bicyclic) bond motifs is 3. The van der Waals surface area contributed by atoms with Crippen molar-refractivity contribution in [1.82, 2.24) is 10.6 Å². The number of nitrogens with one attached hydrogen (secondary N) is 2. The van der Waals surface area contributed by atoms with Crippen LogP contribution in [-0.4, -0.2) is 49.2 Å². The lowest BCUT2D eigenvalue weighted by Gasteiger charge is -2.27. The number of anilines is 1. The summed E-state index contributed by atoms with van der Waals surface area (Å²) in [5.74, 6) is -6.17. The zero-order valence-electron chi connectivity index (χ0n) is 19.6. The SMILES string of the molecule is C[C@H](OC(=O)NCC(F)(F)C(F)(F)F)C(=O)N[C@@H]1C(=O)N(CC2CC2)c2ccccc2-c2ccccc21. The molecule has 1 fully saturated rings. The molecule has 2 aromatic carbocycles. The van der Waals surface area contributed by atoms with E-state index in [0.29, 0.717) is 23.7 Å². The third-order valence-corrected chi connectivity index (χ3v) is 6.22. The van der Waals surface area contributed by atoms with Crippen molar-refractivity contribution >= 4 is 23.6 Å². The minimum atomic E-state index is -5.86. The van der Waals surface area contributed by atoms with Crippen LogP contribution in [0.15, 0.2) is 48.5 Å². The fourth-order valence-corrected chi connectivity index (χ4v) is 4.02. The molecule has 1 aliphatic heterocycles. The fraction of sp³-hybridized carbons (Fsp3) is 0.400. The smallest absolute Gasteiger partial charge is 0.436 e. The molecule has 7 nitrogen and oxygen atoms in total. The Morgan fingerprint density at radius 1 is 1.03 bits per heavy atom. The van der Waals surface area contributed by atoms with Gasteiger partial charge in [-0.3, -0.25) is 9.59 Å². The molecular weight excluding hydrogens is 501 g/mol. The van der Waals surface area contributed by atoms with Crippen LogP contribution in [0.1, 0.15) is 31.4 Å². The van der Waals surface area contributed by atoms with Crippen molar-refractivity contribution in [3.05, 3.63) is 54.1 Å². The van der Waals surface area contributed by atoms with Gasteiger partial charge < -0.3 is 20.3 Å². The number of nitrogens with zero attached hydrogens (tertiary/aromatic N) is 1. The second-order valence-corrected chi connectivity index (χ2v) is 9.04. The lowest BCUT2D eigenvalue weighted by Crippen LogP contribution is -2.49. The van der Waals surface area contributed by atoms with Crippen LogP contribution in [0.25, 0.3) is 11.1 Å². The molecule has 1 heterocycles. The highest BCUT2D eigenvalue weighted by molar-refractivity contribution is 6.06. The summed E-state index contributed by atoms with van der Waals surface area (Å²) < 4.78 is 67.7. The topological polar surface area (TPSA) is 87.7 Å². The van der Waals surface area contributed by atoms with Gasteiger partial charge in [0, 0.05) is 12.1 Å². The van der Waals surface area contributed by atoms with E-state index in [4.69, 9.17) is 4.74 Å². The van der Waals surface area contributed by atoms with E-state index in [1.54, 1.807) is 23.1 Å². The molecule has 1 aliphatic carbocycles. The van der Waals surface area contributed by atoms with Gasteiger partial charge in [-0.1, -0.05) is 42.5 Å². The van der Waals surface area contributed by atoms with Gasteiger partial charge in [-0.05, 0) is 42.9 Å². The van der Waals surface area contributed by atoms with Crippen molar-refractivity contribution in [1.29, 1.82) is 0 Å². The van der Waals surface area contributed by atoms with Gasteiger partial charge in [-0.2, -0.15) is 22.0 Å². The monoisotopic (exact) mass is 525 g/mol. The van der Waals surface area contributed by atoms with E-state index in [-0.39, 0.29) is 0 Å². The Hall–Kier alpha value is -3.70. The summed E-state index contributed by atoms with van der Waals surface area (Å²) >= 11 is 0. The van der Waals surface area contributed by atoms with Gasteiger partial charge in [0.15, 0.2) is 6.10 Å². The van der Waals surface area contributed by atoms with Crippen LogP contribution in [0.3, 0.4) is 0 Å². The summed E-state index contributed by atoms with van der Waals surface area (Å²) in [6.45, 7) is -0.481. The minimum absolute atomic E-state index is 0.329. The highest BCUT2D eigenvalue weighted by Gasteiger charge is 2.57. The summed E-state index contributed by atoms with van der Waals surface area (Å²) in [5.41, 5.74) is 2.72. The van der Waals surface area contributed by atoms with Gasteiger partial charge in [-0.15, -0.1) is 0 Å². The van der Waals surface area contributed by atoms with Crippen LogP contribution in [0.2, 0.25) is 0 Å². The summed E-state index contributed by atoms with van der Waals surface area (Å²) in [5, 5.41) is 3.88. The molecule has 2 aliphatic rings. The number of amides is 3. The number of carbonyl (C=O) groups is 3. The maximum atomic E-state index is 13.7. The largest absolute Gasteiger partial charge is 0.455 e. The molecule has 1 saturated carbocycles. The Morgan fingerprint density at radius 3 is 2.30 bits per heavy atom. The first-order chi connectivity index (χ1) is 17.4. The first-order valence-corrected chi connectivity index (χ1v) is 11.6. The lowest BCUT2D eigenvalue weighted by molar-refractivity contribution is -0.278. The predicted molar refractivity (Wildman–Crippen MR) is 123 cm³/mol. The summed E-state index contributed by atoms with van der Waals surface area (Å²) in [7, 11) is 0. The molecule has 0 radical (unpaired) electrons. The third-order valence-electron chi connectivity index (χ3n) is 6.22. The molecule has 0 bridgehead atoms. The van der Waals surface area contributed by atoms with Crippen molar-refractivity contribution in [3.8, 4) is 11.1 Å². The summed E-state index contributed by atoms with van der Waals surface area (Å²) in [6, 6.07) is 13.2. The zero-order chi connectivity index (χ0) is 27.0. The minimum Gasteiger partial charge on any atom is -0.436 e. The van der Waals surface area contributed by atoms with Crippen molar-refractivity contribution in [2.24, 2.45) is 5.92 Å². The number of ether oxygens (including phenoxy) is 1. The first-order valence-electron chi connectivity index (χ1n) is 11.6. The summed E-state index contributed by atoms with van der Waals surface area (Å²) in [6.07, 6.45) is -7.14. The quantitative estimate of drug-likeness (QED) is 0.519. The van der Waals surface area contributed by atoms with Crippen molar-refractivity contribution in [2.45, 2.75) is 44.0 Å². The first kappa shape index (κ1) is 26.4. The Kier molecular flexibility index (Phi) is 7.11. The van der Waals surface area contributed by atoms with Gasteiger partial charge in [0.25, 0.3) is 11.8 Å². The number of rotatable bonds is 7. The Balaban J connectivity index is 1.52. The molecule has 2 atom stereocenters. The second-order valence-electron chi connectivity index (χ2n) is 9.04. The van der Waals surface area contributed by atoms with Crippen LogP contribution in [0.4, 0.5) is 32.4 Å². The van der Waals surface area contributed by atoms with Gasteiger partial charge in [0.05, 0.1) is 12.2 Å². The average Bonchev–Trinajstić information content (AvgIpc) is 3.68. The normalized spacial score (nSPS) is 18.3. The average molecular weight is 525 g/mol. The number of carbonyl (C=O) groups excluding carboxylic acids is 3. The van der Waals surface area contributed by atoms with E-state index in [2.05, 4.69) is 5.32 Å². The molecule has 2 N–H and O–H groups in total. The Bertz CT molecular complexity index is 1200. The number of alkyl halides is 5. The van der Waals surface area contributed by atoms with Crippen LogP contribution in [0.5, 0.6) is 0 Å². The number of benzene rings is 2. The molecule has 0 spiro atoms. The summed E-state index contributed by atoms with van der Waals surface area (Å²) in [4.78, 5) is 40.0. The van der Waals surface area contributed by atoms with Crippen LogP contribution in [0, 0.1) is 5.92 Å². The highest BCUT2D eigenvalue weighted by Crippen LogP contribution is 2.42. The number of hydrogen-bond donors (Lipinski definition) is 2. The van der Waals surface area contributed by atoms with Crippen LogP contribution >= 0.6 is 0 Å². The van der Waals surface area contributed by atoms with E-state index >= 15 is 0 Å². The number of halogens is 5. The maximum absolute atomic E-state index is 13.7. The molecular formula is C25H24F5N3O4. The van der Waals surface area contributed by atoms with Crippen molar-refractivity contribution in [3.63, 3.8) is 0 Å². The van der Waals surface area contributed by atoms with E-state index in [1.807, 2.05) is 30.3 Å². The van der Waals surface area contributed by atoms with Crippen LogP contribution in [-0.2, 0) is 14.3 Å². The van der Waals surface area contributed by atoms with Crippen molar-refractivity contribution in [2.75, 3.05) is 18.0 Å². The molecule has 198 valence electrons. The number of alkyl carbamates (subject to hydrolysis) is 1. The van der Waals surface area contributed by atoms with Crippen molar-refractivity contribution < 1.29 is 41.1 Å². The zero-order valence-corrected chi connectivity index (χ0v) is 19.6. The third kappa shape index (κ3) is 5.67. The molecule has 2 aromatic rings. The van der Waals surface area contributed by atoms with E-state index in [9.17, 15) is 36.3 Å². The van der Waals surface area contributed by atoms with Crippen LogP contribution < -0.4 is 15.5 Å². The van der Waals surface area contributed by atoms with Gasteiger partial charge >= 0.3 is 18.2 Å². The molecule has 0 aromatic heterocycles. The number of para-hydroxylation sites is 1. The molecule has 0 saturated heterocycles. The highest BCUT2D eigenvalue weighted by atomic mass is 19.4. The van der Waals surface area contributed by atoms with Gasteiger partial charge in [-0.25, -0.2) is 4.79 Å². The Morgan fingerprint density at radius 2 is 1.65 bits per heavy atom. The molecule has 12 heteroatoms. The maximum Gasteiger partial charge on any atom is 0.455 e. The van der Waals surface area contributed by atoms with E-state index in [0.717, 1.165) is 30.9 Å². The number of hydrogen-bond acceptors (Lipinski definition) is 4. The molecule has 4 rings (SSSR count). The Labute approximate surface area is 209 Å². The second kappa shape index (κ2) is 9.98.